The summed E-state index contributed by atoms with van der Waals surface area (Å²) < 4.78 is 2.08. The fourth-order valence-corrected chi connectivity index (χ4v) is 2.84. The predicted octanol–water partition coefficient (Wildman–Crippen LogP) is 3.92. The van der Waals surface area contributed by atoms with Crippen molar-refractivity contribution in [3.8, 4) is 0 Å². The van der Waals surface area contributed by atoms with Gasteiger partial charge in [-0.05, 0) is 31.7 Å². The Balaban J connectivity index is 1.82. The lowest BCUT2D eigenvalue weighted by Gasteiger charge is -2.22. The van der Waals surface area contributed by atoms with Crippen LogP contribution < -0.4 is 0 Å². The molecule has 1 aromatic rings. The third-order valence-electron chi connectivity index (χ3n) is 3.63. The van der Waals surface area contributed by atoms with Gasteiger partial charge in [0.15, 0.2) is 0 Å². The Kier molecular flexibility index (Phi) is 2.47. The van der Waals surface area contributed by atoms with E-state index < -0.39 is 0 Å². The van der Waals surface area contributed by atoms with Crippen LogP contribution in [0.5, 0.6) is 0 Å². The summed E-state index contributed by atoms with van der Waals surface area (Å²) in [4.78, 5) is 0. The first-order valence-electron chi connectivity index (χ1n) is 6.09. The molecule has 15 heavy (non-hydrogen) atoms. The van der Waals surface area contributed by atoms with Crippen molar-refractivity contribution < 1.29 is 0 Å². The molecule has 1 heterocycles. The first-order valence-corrected chi connectivity index (χ1v) is 6.47. The van der Waals surface area contributed by atoms with Crippen molar-refractivity contribution in [2.24, 2.45) is 0 Å². The summed E-state index contributed by atoms with van der Waals surface area (Å²) in [5, 5.41) is 5.53. The highest BCUT2D eigenvalue weighted by Crippen LogP contribution is 2.41. The van der Waals surface area contributed by atoms with E-state index in [0.29, 0.717) is 12.0 Å². The number of hydrogen-bond acceptors (Lipinski definition) is 1. The van der Waals surface area contributed by atoms with Gasteiger partial charge in [0.2, 0.25) is 0 Å². The van der Waals surface area contributed by atoms with E-state index in [0.717, 1.165) is 5.15 Å². The molecule has 2 fully saturated rings. The van der Waals surface area contributed by atoms with Crippen molar-refractivity contribution >= 4 is 11.6 Å². The van der Waals surface area contributed by atoms with E-state index in [2.05, 4.69) is 15.8 Å². The van der Waals surface area contributed by atoms with Gasteiger partial charge in [0.05, 0.1) is 11.7 Å². The first-order chi connectivity index (χ1) is 7.34. The molecule has 0 unspecified atom stereocenters. The zero-order valence-corrected chi connectivity index (χ0v) is 9.71. The van der Waals surface area contributed by atoms with E-state index in [-0.39, 0.29) is 0 Å². The topological polar surface area (TPSA) is 17.8 Å². The molecular formula is C12H17ClN2. The van der Waals surface area contributed by atoms with E-state index >= 15 is 0 Å². The van der Waals surface area contributed by atoms with Crippen LogP contribution in [0.2, 0.25) is 5.15 Å². The fraction of sp³-hybridized carbons (Fsp3) is 0.750. The van der Waals surface area contributed by atoms with Gasteiger partial charge in [0.25, 0.3) is 0 Å². The van der Waals surface area contributed by atoms with Gasteiger partial charge in [0, 0.05) is 5.92 Å². The SMILES string of the molecule is Clc1cc(C2CC2)nn1C1CCCCC1. The lowest BCUT2D eigenvalue weighted by molar-refractivity contribution is 0.328. The van der Waals surface area contributed by atoms with E-state index in [4.69, 9.17) is 11.6 Å². The van der Waals surface area contributed by atoms with Crippen molar-refractivity contribution in [2.45, 2.75) is 56.9 Å². The Morgan fingerprint density at radius 2 is 1.87 bits per heavy atom. The Morgan fingerprint density at radius 3 is 2.53 bits per heavy atom. The second kappa shape index (κ2) is 3.82. The third-order valence-corrected chi connectivity index (χ3v) is 3.91. The Bertz CT molecular complexity index is 349. The molecule has 82 valence electrons. The molecule has 0 aromatic carbocycles. The molecule has 3 heteroatoms. The average Bonchev–Trinajstić information content (AvgIpc) is 3.04. The second-order valence-electron chi connectivity index (χ2n) is 4.90. The maximum atomic E-state index is 6.25. The molecule has 0 spiro atoms. The number of aromatic nitrogens is 2. The minimum atomic E-state index is 0.568. The van der Waals surface area contributed by atoms with Crippen LogP contribution in [0, 0.1) is 0 Å². The molecule has 2 saturated carbocycles. The fourth-order valence-electron chi connectivity index (χ4n) is 2.55. The van der Waals surface area contributed by atoms with E-state index in [9.17, 15) is 0 Å². The smallest absolute Gasteiger partial charge is 0.127 e. The zero-order valence-electron chi connectivity index (χ0n) is 8.95. The Labute approximate surface area is 95.6 Å². The van der Waals surface area contributed by atoms with Crippen LogP contribution in [0.15, 0.2) is 6.07 Å². The van der Waals surface area contributed by atoms with Gasteiger partial charge in [-0.3, -0.25) is 4.68 Å². The Hall–Kier alpha value is -0.500. The molecule has 3 rings (SSSR count). The van der Waals surface area contributed by atoms with Crippen molar-refractivity contribution in [1.82, 2.24) is 9.78 Å². The van der Waals surface area contributed by atoms with Gasteiger partial charge in [-0.1, -0.05) is 30.9 Å². The summed E-state index contributed by atoms with van der Waals surface area (Å²) in [6, 6.07) is 2.65. The molecule has 0 bridgehead atoms. The molecule has 0 N–H and O–H groups in total. The zero-order chi connectivity index (χ0) is 10.3. The summed E-state index contributed by atoms with van der Waals surface area (Å²) in [7, 11) is 0. The van der Waals surface area contributed by atoms with Crippen LogP contribution in [0.1, 0.15) is 62.6 Å². The van der Waals surface area contributed by atoms with Gasteiger partial charge in [-0.15, -0.1) is 0 Å². The summed E-state index contributed by atoms with van der Waals surface area (Å²) in [5.74, 6) is 0.715. The van der Waals surface area contributed by atoms with Crippen molar-refractivity contribution in [3.05, 3.63) is 16.9 Å². The molecule has 2 aliphatic rings. The van der Waals surface area contributed by atoms with Gasteiger partial charge < -0.3 is 0 Å². The largest absolute Gasteiger partial charge is 0.251 e. The lowest BCUT2D eigenvalue weighted by atomic mass is 9.96. The molecule has 0 atom stereocenters. The molecular weight excluding hydrogens is 208 g/mol. The summed E-state index contributed by atoms with van der Waals surface area (Å²) in [6.45, 7) is 0. The maximum Gasteiger partial charge on any atom is 0.127 e. The summed E-state index contributed by atoms with van der Waals surface area (Å²) in [5.41, 5.74) is 1.23. The number of rotatable bonds is 2. The molecule has 0 radical (unpaired) electrons. The normalized spacial score (nSPS) is 23.3. The standard InChI is InChI=1S/C12H17ClN2/c13-12-8-11(9-6-7-9)14-15(12)10-4-2-1-3-5-10/h8-10H,1-7H2. The number of nitrogens with zero attached hydrogens (tertiary/aromatic N) is 2. The molecule has 2 aliphatic carbocycles. The van der Waals surface area contributed by atoms with Crippen LogP contribution in [-0.2, 0) is 0 Å². The van der Waals surface area contributed by atoms with Crippen LogP contribution in [0.4, 0.5) is 0 Å². The molecule has 2 nitrogen and oxygen atoms in total. The van der Waals surface area contributed by atoms with Gasteiger partial charge in [-0.2, -0.15) is 5.10 Å². The first kappa shape index (κ1) is 9.71. The number of hydrogen-bond donors (Lipinski definition) is 0. The average molecular weight is 225 g/mol. The highest BCUT2D eigenvalue weighted by molar-refractivity contribution is 6.29. The van der Waals surface area contributed by atoms with Crippen molar-refractivity contribution in [1.29, 1.82) is 0 Å². The minimum absolute atomic E-state index is 0.568. The van der Waals surface area contributed by atoms with Crippen LogP contribution in [0.25, 0.3) is 0 Å². The highest BCUT2D eigenvalue weighted by Gasteiger charge is 2.28. The van der Waals surface area contributed by atoms with Crippen LogP contribution >= 0.6 is 11.6 Å². The summed E-state index contributed by atoms with van der Waals surface area (Å²) in [6.07, 6.45) is 9.16. The lowest BCUT2D eigenvalue weighted by Crippen LogP contribution is -2.14. The predicted molar refractivity (Wildman–Crippen MR) is 61.3 cm³/mol. The van der Waals surface area contributed by atoms with Crippen molar-refractivity contribution in [2.75, 3.05) is 0 Å². The molecule has 0 amide bonds. The van der Waals surface area contributed by atoms with E-state index in [1.807, 2.05) is 0 Å². The van der Waals surface area contributed by atoms with Crippen LogP contribution in [0.3, 0.4) is 0 Å². The highest BCUT2D eigenvalue weighted by atomic mass is 35.5. The number of halogens is 1. The van der Waals surface area contributed by atoms with E-state index in [1.165, 1.54) is 50.6 Å². The van der Waals surface area contributed by atoms with E-state index in [1.54, 1.807) is 0 Å². The monoisotopic (exact) mass is 224 g/mol. The van der Waals surface area contributed by atoms with Crippen LogP contribution in [-0.4, -0.2) is 9.78 Å². The van der Waals surface area contributed by atoms with Crippen molar-refractivity contribution in [3.63, 3.8) is 0 Å². The third kappa shape index (κ3) is 1.92. The minimum Gasteiger partial charge on any atom is -0.251 e. The van der Waals surface area contributed by atoms with Gasteiger partial charge in [-0.25, -0.2) is 0 Å². The summed E-state index contributed by atoms with van der Waals surface area (Å²) >= 11 is 6.25. The quantitative estimate of drug-likeness (QED) is 0.745. The maximum absolute atomic E-state index is 6.25. The van der Waals surface area contributed by atoms with Gasteiger partial charge in [0.1, 0.15) is 5.15 Å². The van der Waals surface area contributed by atoms with Gasteiger partial charge >= 0.3 is 0 Å². The second-order valence-corrected chi connectivity index (χ2v) is 5.29. The Morgan fingerprint density at radius 1 is 1.13 bits per heavy atom. The molecule has 1 aromatic heterocycles. The molecule has 0 aliphatic heterocycles. The molecule has 0 saturated heterocycles.